The number of benzene rings is 1. The highest BCUT2D eigenvalue weighted by Gasteiger charge is 2.20. The predicted molar refractivity (Wildman–Crippen MR) is 88.4 cm³/mol. The minimum Gasteiger partial charge on any atom is -0.398 e. The molecule has 3 N–H and O–H groups in total. The van der Waals surface area contributed by atoms with Crippen molar-refractivity contribution in [2.45, 2.75) is 11.1 Å². The second kappa shape index (κ2) is 5.73. The van der Waals surface area contributed by atoms with Crippen LogP contribution in [-0.4, -0.2) is 8.42 Å². The van der Waals surface area contributed by atoms with E-state index in [2.05, 4.69) is 20.7 Å². The first-order valence-electron chi connectivity index (χ1n) is 5.24. The van der Waals surface area contributed by atoms with Gasteiger partial charge in [0.1, 0.15) is 4.21 Å². The van der Waals surface area contributed by atoms with Crippen LogP contribution in [0.15, 0.2) is 26.2 Å². The van der Waals surface area contributed by atoms with Crippen molar-refractivity contribution in [3.63, 3.8) is 0 Å². The largest absolute Gasteiger partial charge is 0.398 e. The zero-order valence-electron chi connectivity index (χ0n) is 10.1. The Bertz CT molecular complexity index is 755. The quantitative estimate of drug-likeness (QED) is 0.724. The Morgan fingerprint density at radius 1 is 1.25 bits per heavy atom. The number of anilines is 2. The van der Waals surface area contributed by atoms with E-state index in [-0.39, 0.29) is 4.21 Å². The molecule has 0 amide bonds. The van der Waals surface area contributed by atoms with Crippen LogP contribution in [0.1, 0.15) is 5.56 Å². The van der Waals surface area contributed by atoms with Crippen LogP contribution in [0.3, 0.4) is 0 Å². The second-order valence-electron chi connectivity index (χ2n) is 3.98. The third-order valence-electron chi connectivity index (χ3n) is 2.48. The summed E-state index contributed by atoms with van der Waals surface area (Å²) in [5, 5.41) is 0.640. The maximum Gasteiger partial charge on any atom is 0.271 e. The van der Waals surface area contributed by atoms with E-state index in [1.54, 1.807) is 13.0 Å². The van der Waals surface area contributed by atoms with Crippen molar-refractivity contribution < 1.29 is 8.42 Å². The van der Waals surface area contributed by atoms with Crippen LogP contribution in [0.5, 0.6) is 0 Å². The average Bonchev–Trinajstić information content (AvgIpc) is 2.67. The first-order valence-corrected chi connectivity index (χ1v) is 9.09. The lowest BCUT2D eigenvalue weighted by molar-refractivity contribution is 0.603. The van der Waals surface area contributed by atoms with Crippen LogP contribution in [-0.2, 0) is 10.0 Å². The Labute approximate surface area is 139 Å². The number of aryl methyl sites for hydroxylation is 1. The number of hydrogen-bond donors (Lipinski definition) is 2. The molecule has 20 heavy (non-hydrogen) atoms. The Morgan fingerprint density at radius 3 is 2.45 bits per heavy atom. The molecule has 9 heteroatoms. The van der Waals surface area contributed by atoms with Gasteiger partial charge in [0.05, 0.1) is 25.2 Å². The number of rotatable bonds is 3. The third kappa shape index (κ3) is 3.23. The summed E-state index contributed by atoms with van der Waals surface area (Å²) < 4.78 is 27.7. The summed E-state index contributed by atoms with van der Waals surface area (Å²) in [5.74, 6) is 0. The highest BCUT2D eigenvalue weighted by atomic mass is 79.9. The van der Waals surface area contributed by atoms with E-state index in [9.17, 15) is 8.42 Å². The zero-order valence-corrected chi connectivity index (χ0v) is 14.8. The smallest absolute Gasteiger partial charge is 0.271 e. The molecule has 4 nitrogen and oxygen atoms in total. The van der Waals surface area contributed by atoms with E-state index < -0.39 is 10.0 Å². The van der Waals surface area contributed by atoms with Gasteiger partial charge in [0, 0.05) is 0 Å². The molecule has 0 radical (unpaired) electrons. The Kier molecular flexibility index (Phi) is 4.56. The summed E-state index contributed by atoms with van der Waals surface area (Å²) in [6, 6.07) is 4.47. The molecule has 0 aliphatic rings. The fourth-order valence-corrected chi connectivity index (χ4v) is 5.15. The lowest BCUT2D eigenvalue weighted by atomic mass is 10.2. The van der Waals surface area contributed by atoms with Gasteiger partial charge in [-0.3, -0.25) is 4.72 Å². The van der Waals surface area contributed by atoms with Crippen molar-refractivity contribution in [3.8, 4) is 0 Å². The molecule has 0 unspecified atom stereocenters. The van der Waals surface area contributed by atoms with Gasteiger partial charge in [0.25, 0.3) is 10.0 Å². The van der Waals surface area contributed by atoms with E-state index in [1.165, 1.54) is 12.1 Å². The highest BCUT2D eigenvalue weighted by molar-refractivity contribution is 9.11. The molecule has 2 aromatic rings. The molecule has 108 valence electrons. The van der Waals surface area contributed by atoms with Gasteiger partial charge in [-0.05, 0) is 46.6 Å². The second-order valence-corrected chi connectivity index (χ2v) is 9.07. The molecule has 0 saturated carbocycles. The first kappa shape index (κ1) is 15.9. The van der Waals surface area contributed by atoms with E-state index in [4.69, 9.17) is 28.9 Å². The highest BCUT2D eigenvalue weighted by Crippen LogP contribution is 2.36. The van der Waals surface area contributed by atoms with Crippen LogP contribution in [0.25, 0.3) is 0 Å². The van der Waals surface area contributed by atoms with Crippen molar-refractivity contribution in [3.05, 3.63) is 37.6 Å². The third-order valence-corrected chi connectivity index (χ3v) is 7.12. The lowest BCUT2D eigenvalue weighted by Gasteiger charge is -2.11. The van der Waals surface area contributed by atoms with Gasteiger partial charge in [-0.1, -0.05) is 23.2 Å². The topological polar surface area (TPSA) is 72.2 Å². The molecule has 0 bridgehead atoms. The van der Waals surface area contributed by atoms with Gasteiger partial charge in [0.15, 0.2) is 0 Å². The number of nitrogens with one attached hydrogen (secondary N) is 1. The van der Waals surface area contributed by atoms with Crippen LogP contribution < -0.4 is 10.5 Å². The molecular weight excluding hydrogens is 407 g/mol. The number of nitrogen functional groups attached to an aromatic ring is 1. The van der Waals surface area contributed by atoms with Crippen LogP contribution in [0.4, 0.5) is 11.4 Å². The predicted octanol–water partition coefficient (Wildman–Crippen LogP) is 4.51. The Hall–Kier alpha value is -0.470. The molecule has 1 aromatic heterocycles. The summed E-state index contributed by atoms with van der Waals surface area (Å²) in [4.78, 5) is 0. The molecule has 0 spiro atoms. The minimum atomic E-state index is -3.71. The van der Waals surface area contributed by atoms with E-state index >= 15 is 0 Å². The summed E-state index contributed by atoms with van der Waals surface area (Å²) in [7, 11) is -3.71. The number of thiophene rings is 1. The Morgan fingerprint density at radius 2 is 1.90 bits per heavy atom. The number of hydrogen-bond acceptors (Lipinski definition) is 4. The van der Waals surface area contributed by atoms with Gasteiger partial charge in [-0.25, -0.2) is 8.42 Å². The van der Waals surface area contributed by atoms with E-state index in [1.807, 2.05) is 0 Å². The summed E-state index contributed by atoms with van der Waals surface area (Å²) in [6.07, 6.45) is 0. The average molecular weight is 416 g/mol. The molecule has 0 aliphatic carbocycles. The normalized spacial score (nSPS) is 11.6. The van der Waals surface area contributed by atoms with E-state index in [0.29, 0.717) is 30.8 Å². The molecule has 0 atom stereocenters. The summed E-state index contributed by atoms with van der Waals surface area (Å²) in [5.41, 5.74) is 7.11. The van der Waals surface area contributed by atoms with Crippen LogP contribution in [0.2, 0.25) is 10.0 Å². The fraction of sp³-hybridized carbons (Fsp3) is 0.0909. The van der Waals surface area contributed by atoms with Crippen molar-refractivity contribution in [2.24, 2.45) is 0 Å². The maximum absolute atomic E-state index is 12.3. The molecule has 1 heterocycles. The van der Waals surface area contributed by atoms with Crippen molar-refractivity contribution >= 4 is 71.9 Å². The first-order chi connectivity index (χ1) is 9.20. The number of nitrogens with two attached hydrogens (primary N) is 1. The molecular formula is C11H9BrCl2N2O2S2. The summed E-state index contributed by atoms with van der Waals surface area (Å²) >= 11 is 16.0. The monoisotopic (exact) mass is 414 g/mol. The SMILES string of the molecule is Cc1cc(N)c(Cl)cc1NS(=O)(=O)c1cc(Cl)c(Br)s1. The molecule has 0 saturated heterocycles. The fourth-order valence-electron chi connectivity index (χ4n) is 1.47. The molecule has 2 rings (SSSR count). The van der Waals surface area contributed by atoms with Crippen molar-refractivity contribution in [1.29, 1.82) is 0 Å². The van der Waals surface area contributed by atoms with Gasteiger partial charge in [-0.2, -0.15) is 0 Å². The molecule has 0 aliphatic heterocycles. The van der Waals surface area contributed by atoms with Crippen molar-refractivity contribution in [2.75, 3.05) is 10.5 Å². The van der Waals surface area contributed by atoms with Crippen LogP contribution >= 0.6 is 50.5 Å². The van der Waals surface area contributed by atoms with Gasteiger partial charge >= 0.3 is 0 Å². The molecule has 1 aromatic carbocycles. The van der Waals surface area contributed by atoms with Gasteiger partial charge in [-0.15, -0.1) is 11.3 Å². The molecule has 0 fully saturated rings. The van der Waals surface area contributed by atoms with Gasteiger partial charge in [0.2, 0.25) is 0 Å². The van der Waals surface area contributed by atoms with Crippen LogP contribution in [0, 0.1) is 6.92 Å². The van der Waals surface area contributed by atoms with E-state index in [0.717, 1.165) is 11.3 Å². The Balaban J connectivity index is 2.40. The number of sulfonamides is 1. The van der Waals surface area contributed by atoms with Crippen molar-refractivity contribution in [1.82, 2.24) is 0 Å². The lowest BCUT2D eigenvalue weighted by Crippen LogP contribution is -2.12. The standard InChI is InChI=1S/C11H9BrCl2N2O2S2/c1-5-2-8(15)6(13)3-9(5)16-20(17,18)10-4-7(14)11(12)19-10/h2-4,16H,15H2,1H3. The zero-order chi connectivity index (χ0) is 15.1. The maximum atomic E-state index is 12.3. The number of halogens is 3. The van der Waals surface area contributed by atoms with Gasteiger partial charge < -0.3 is 5.73 Å². The minimum absolute atomic E-state index is 0.113. The summed E-state index contributed by atoms with van der Waals surface area (Å²) in [6.45, 7) is 1.74.